The van der Waals surface area contributed by atoms with Gasteiger partial charge >= 0.3 is 6.72 Å². The lowest BCUT2D eigenvalue weighted by atomic mass is 9.97. The van der Waals surface area contributed by atoms with Gasteiger partial charge in [-0.15, -0.1) is 0 Å². The largest absolute Gasteiger partial charge is 0.394 e. The normalized spacial score (nSPS) is 35.0. The lowest BCUT2D eigenvalue weighted by molar-refractivity contribution is -0.270. The summed E-state index contributed by atoms with van der Waals surface area (Å²) >= 11 is 4.99. The van der Waals surface area contributed by atoms with Crippen LogP contribution in [-0.2, 0) is 49.4 Å². The van der Waals surface area contributed by atoms with E-state index in [9.17, 15) is 29.8 Å². The van der Waals surface area contributed by atoms with Crippen LogP contribution in [0.25, 0.3) is 0 Å². The zero-order valence-electron chi connectivity index (χ0n) is 22.1. The van der Waals surface area contributed by atoms with Gasteiger partial charge in [-0.2, -0.15) is 0 Å². The molecule has 38 heavy (non-hydrogen) atoms. The van der Waals surface area contributed by atoms with Gasteiger partial charge < -0.3 is 58.8 Å². The number of ether oxygens (including phenoxy) is 4. The molecule has 16 heteroatoms. The molecule has 1 saturated carbocycles. The molecule has 1 aliphatic carbocycles. The number of amides is 2. The molecule has 1 saturated heterocycles. The molecule has 2 unspecified atom stereocenters. The first-order valence-electron chi connectivity index (χ1n) is 12.4. The minimum atomic E-state index is -3.46. The van der Waals surface area contributed by atoms with Gasteiger partial charge in [-0.25, -0.2) is 0 Å². The highest BCUT2D eigenvalue weighted by atomic mass is 32.5. The summed E-state index contributed by atoms with van der Waals surface area (Å²) in [5.41, 5.74) is 0. The highest BCUT2D eigenvalue weighted by molar-refractivity contribution is 8.07. The van der Waals surface area contributed by atoms with E-state index in [0.717, 1.165) is 0 Å². The zero-order valence-corrected chi connectivity index (χ0v) is 23.8. The minimum Gasteiger partial charge on any atom is -0.394 e. The molecule has 0 aromatic carbocycles. The quantitative estimate of drug-likeness (QED) is 0.0960. The van der Waals surface area contributed by atoms with Crippen LogP contribution in [0.5, 0.6) is 0 Å². The van der Waals surface area contributed by atoms with E-state index in [-0.39, 0.29) is 24.9 Å². The van der Waals surface area contributed by atoms with E-state index in [2.05, 4.69) is 10.6 Å². The van der Waals surface area contributed by atoms with Crippen LogP contribution in [0.3, 0.4) is 0 Å². The van der Waals surface area contributed by atoms with Crippen molar-refractivity contribution in [2.24, 2.45) is 5.92 Å². The molecule has 6 N–H and O–H groups in total. The Kier molecular flexibility index (Phi) is 13.9. The molecule has 2 amide bonds. The number of aliphatic hydroxyl groups excluding tert-OH is 3. The van der Waals surface area contributed by atoms with Gasteiger partial charge in [0.1, 0.15) is 36.6 Å². The number of aliphatic hydroxyl groups is 3. The van der Waals surface area contributed by atoms with Crippen LogP contribution in [0.4, 0.5) is 0 Å². The monoisotopic (exact) mass is 588 g/mol. The smallest absolute Gasteiger partial charge is 0.324 e. The maximum Gasteiger partial charge on any atom is 0.324 e. The van der Waals surface area contributed by atoms with Crippen molar-refractivity contribution in [2.75, 3.05) is 41.2 Å². The summed E-state index contributed by atoms with van der Waals surface area (Å²) in [5.74, 6) is -0.842. The number of rotatable bonds is 15. The second-order valence-corrected chi connectivity index (χ2v) is 12.2. The third-order valence-corrected chi connectivity index (χ3v) is 8.23. The molecule has 0 aromatic heterocycles. The summed E-state index contributed by atoms with van der Waals surface area (Å²) in [7, 11) is 4.30. The van der Waals surface area contributed by atoms with Crippen molar-refractivity contribution in [1.82, 2.24) is 10.6 Å². The SMILES string of the molecule is COC[C@H]1C[C@@H](NC(=O)CCCCO[C@@H]2O[C@H](CO)[C@H](O)[C@H](O)[C@H]2NC(C)=O)[C@@H](OC)C1OP(O)(=S)OC. The number of hydrogen-bond donors (Lipinski definition) is 6. The van der Waals surface area contributed by atoms with Crippen LogP contribution in [0.1, 0.15) is 32.6 Å². The standard InChI is InChI=1S/C22H41N2O12PS/c1-12(26)23-17-19(29)18(28)15(10-25)35-22(17)34-8-6-5-7-16(27)24-14-9-13(11-31-2)20(21(14)32-3)36-37(30,38)33-4/h13-15,17-22,25,28-29H,5-11H2,1-4H3,(H,23,26)(H,24,27)(H,30,38)/t13-,14-,15-,17-,18+,19-,20?,21-,22-,37?/m1/s1. The maximum absolute atomic E-state index is 12.6. The second-order valence-electron chi connectivity index (χ2n) is 9.31. The first kappa shape index (κ1) is 33.4. The van der Waals surface area contributed by atoms with Crippen LogP contribution in [0, 0.1) is 5.92 Å². The van der Waals surface area contributed by atoms with Crippen molar-refractivity contribution < 1.29 is 57.8 Å². The number of carbonyl (C=O) groups is 2. The topological polar surface area (TPSA) is 194 Å². The van der Waals surface area contributed by atoms with Gasteiger partial charge in [0.15, 0.2) is 6.29 Å². The Hall–Kier alpha value is -0.810. The fraction of sp³-hybridized carbons (Fsp3) is 0.909. The fourth-order valence-electron chi connectivity index (χ4n) is 4.73. The molecule has 1 aliphatic heterocycles. The summed E-state index contributed by atoms with van der Waals surface area (Å²) < 4.78 is 32.6. The molecule has 10 atom stereocenters. The van der Waals surface area contributed by atoms with Crippen LogP contribution in [0.2, 0.25) is 0 Å². The Balaban J connectivity index is 1.85. The van der Waals surface area contributed by atoms with E-state index < -0.39 is 68.1 Å². The van der Waals surface area contributed by atoms with E-state index in [1.165, 1.54) is 21.1 Å². The first-order chi connectivity index (χ1) is 18.0. The van der Waals surface area contributed by atoms with E-state index in [1.807, 2.05) is 0 Å². The van der Waals surface area contributed by atoms with E-state index in [1.54, 1.807) is 7.11 Å². The predicted molar refractivity (Wildman–Crippen MR) is 136 cm³/mol. The fourth-order valence-corrected chi connectivity index (χ4v) is 5.71. The number of hydrogen-bond acceptors (Lipinski definition) is 12. The molecule has 0 bridgehead atoms. The second kappa shape index (κ2) is 15.8. The van der Waals surface area contributed by atoms with Gasteiger partial charge in [-0.05, 0) is 31.1 Å². The number of nitrogens with one attached hydrogen (secondary N) is 2. The molecule has 0 aromatic rings. The highest BCUT2D eigenvalue weighted by Gasteiger charge is 2.47. The Morgan fingerprint density at radius 3 is 2.39 bits per heavy atom. The highest BCUT2D eigenvalue weighted by Crippen LogP contribution is 2.48. The lowest BCUT2D eigenvalue weighted by Crippen LogP contribution is -2.64. The van der Waals surface area contributed by atoms with Crippen molar-refractivity contribution in [3.63, 3.8) is 0 Å². The third kappa shape index (κ3) is 9.39. The molecule has 2 rings (SSSR count). The van der Waals surface area contributed by atoms with Crippen molar-refractivity contribution in [3.05, 3.63) is 0 Å². The summed E-state index contributed by atoms with van der Waals surface area (Å²) in [6.45, 7) is -2.28. The number of methoxy groups -OCH3 is 2. The average Bonchev–Trinajstić information content (AvgIpc) is 3.17. The van der Waals surface area contributed by atoms with Crippen LogP contribution in [-0.4, -0.2) is 122 Å². The maximum atomic E-state index is 12.6. The minimum absolute atomic E-state index is 0.142. The Labute approximate surface area is 227 Å². The van der Waals surface area contributed by atoms with E-state index in [0.29, 0.717) is 25.9 Å². The first-order valence-corrected chi connectivity index (χ1v) is 15.0. The summed E-state index contributed by atoms with van der Waals surface area (Å²) in [5, 5.41) is 35.2. The average molecular weight is 589 g/mol. The van der Waals surface area contributed by atoms with Gasteiger partial charge in [-0.1, -0.05) is 0 Å². The number of carbonyl (C=O) groups excluding carboxylic acids is 2. The van der Waals surface area contributed by atoms with Gasteiger partial charge in [0.25, 0.3) is 0 Å². The Morgan fingerprint density at radius 1 is 1.11 bits per heavy atom. The van der Waals surface area contributed by atoms with Crippen LogP contribution >= 0.6 is 6.72 Å². The molecular weight excluding hydrogens is 547 g/mol. The third-order valence-electron chi connectivity index (χ3n) is 6.56. The Morgan fingerprint density at radius 2 is 1.82 bits per heavy atom. The summed E-state index contributed by atoms with van der Waals surface area (Å²) in [6, 6.07) is -1.41. The van der Waals surface area contributed by atoms with Crippen LogP contribution in [0.15, 0.2) is 0 Å². The van der Waals surface area contributed by atoms with Gasteiger partial charge in [0, 0.05) is 47.2 Å². The van der Waals surface area contributed by atoms with Crippen molar-refractivity contribution in [3.8, 4) is 0 Å². The molecule has 0 radical (unpaired) electrons. The van der Waals surface area contributed by atoms with Crippen LogP contribution < -0.4 is 10.6 Å². The molecule has 2 aliphatic rings. The molecule has 14 nitrogen and oxygen atoms in total. The van der Waals surface area contributed by atoms with Crippen molar-refractivity contribution >= 4 is 30.3 Å². The van der Waals surface area contributed by atoms with Gasteiger partial charge in [0.05, 0.1) is 19.3 Å². The molecular formula is C22H41N2O12PS. The molecule has 0 spiro atoms. The number of unbranched alkanes of at least 4 members (excludes halogenated alkanes) is 1. The molecule has 1 heterocycles. The lowest BCUT2D eigenvalue weighted by Gasteiger charge is -2.42. The summed E-state index contributed by atoms with van der Waals surface area (Å²) in [4.78, 5) is 34.3. The van der Waals surface area contributed by atoms with E-state index in [4.69, 9.17) is 39.8 Å². The molecule has 222 valence electrons. The van der Waals surface area contributed by atoms with Gasteiger partial charge in [-0.3, -0.25) is 9.59 Å². The summed E-state index contributed by atoms with van der Waals surface area (Å²) in [6.07, 6.45) is -4.52. The van der Waals surface area contributed by atoms with Gasteiger partial charge in [0.2, 0.25) is 11.8 Å². The van der Waals surface area contributed by atoms with Crippen molar-refractivity contribution in [1.29, 1.82) is 0 Å². The van der Waals surface area contributed by atoms with E-state index >= 15 is 0 Å². The molecule has 2 fully saturated rings. The zero-order chi connectivity index (χ0) is 28.5. The predicted octanol–water partition coefficient (Wildman–Crippen LogP) is -1.47. The van der Waals surface area contributed by atoms with Crippen molar-refractivity contribution in [2.45, 2.75) is 81.5 Å². The Bertz CT molecular complexity index is 810.